The summed E-state index contributed by atoms with van der Waals surface area (Å²) >= 11 is 2.07. The molecule has 7 nitrogen and oxygen atoms in total. The number of aliphatic imine (C=N–C) groups is 1. The Bertz CT molecular complexity index is 668. The second-order valence-electron chi connectivity index (χ2n) is 8.25. The van der Waals surface area contributed by atoms with Crippen LogP contribution in [-0.4, -0.2) is 89.5 Å². The standard InChI is InChI=1S/C20H36N6OS.HI/c1-16(2)18-17(13-25(5)23-18)12-24(4)19(21-3)22-14-20(6-11-28-15-20)26-7-9-27-10-8-26;/h13,16H,6-12,14-15H2,1-5H3,(H,21,22);1H. The van der Waals surface area contributed by atoms with Gasteiger partial charge in [0.1, 0.15) is 0 Å². The van der Waals surface area contributed by atoms with Gasteiger partial charge in [-0.15, -0.1) is 24.0 Å². The molecule has 0 saturated carbocycles. The molecule has 9 heteroatoms. The lowest BCUT2D eigenvalue weighted by Crippen LogP contribution is -2.60. The minimum absolute atomic E-state index is 0. The topological polar surface area (TPSA) is 57.9 Å². The van der Waals surface area contributed by atoms with Gasteiger partial charge in [-0.2, -0.15) is 16.9 Å². The quantitative estimate of drug-likeness (QED) is 0.343. The molecule has 2 saturated heterocycles. The highest BCUT2D eigenvalue weighted by molar-refractivity contribution is 14.0. The SMILES string of the molecule is CN=C(NCC1(N2CCOCC2)CCSC1)N(C)Cc1cn(C)nc1C(C)C.I. The van der Waals surface area contributed by atoms with Crippen molar-refractivity contribution in [2.75, 3.05) is 58.4 Å². The number of rotatable bonds is 6. The molecular formula is C20H37IN6OS. The van der Waals surface area contributed by atoms with Crippen LogP contribution in [0.25, 0.3) is 0 Å². The third-order valence-electron chi connectivity index (χ3n) is 5.80. The Hall–Kier alpha value is -0.520. The zero-order chi connectivity index (χ0) is 20.1. The van der Waals surface area contributed by atoms with Crippen molar-refractivity contribution in [2.45, 2.75) is 38.3 Å². The molecule has 1 unspecified atom stereocenters. The summed E-state index contributed by atoms with van der Waals surface area (Å²) in [7, 11) is 5.97. The zero-order valence-corrected chi connectivity index (χ0v) is 21.6. The summed E-state index contributed by atoms with van der Waals surface area (Å²) in [4.78, 5) is 9.40. The number of aromatic nitrogens is 2. The van der Waals surface area contributed by atoms with Gasteiger partial charge in [0, 0.05) is 70.4 Å². The molecule has 0 aromatic carbocycles. The van der Waals surface area contributed by atoms with E-state index in [1.165, 1.54) is 29.2 Å². The summed E-state index contributed by atoms with van der Waals surface area (Å²) in [6.07, 6.45) is 3.35. The lowest BCUT2D eigenvalue weighted by Gasteiger charge is -2.43. The molecule has 0 bridgehead atoms. The first-order valence-electron chi connectivity index (χ1n) is 10.3. The van der Waals surface area contributed by atoms with Crippen LogP contribution in [0.3, 0.4) is 0 Å². The fraction of sp³-hybridized carbons (Fsp3) is 0.800. The van der Waals surface area contributed by atoms with E-state index in [-0.39, 0.29) is 29.5 Å². The first kappa shape index (κ1) is 24.7. The van der Waals surface area contributed by atoms with E-state index in [2.05, 4.69) is 64.1 Å². The van der Waals surface area contributed by atoms with Gasteiger partial charge in [0.25, 0.3) is 0 Å². The molecule has 166 valence electrons. The maximum atomic E-state index is 5.58. The summed E-state index contributed by atoms with van der Waals surface area (Å²) in [5.41, 5.74) is 2.65. The van der Waals surface area contributed by atoms with E-state index in [9.17, 15) is 0 Å². The molecule has 2 aliphatic rings. The first-order valence-corrected chi connectivity index (χ1v) is 11.5. The van der Waals surface area contributed by atoms with Gasteiger partial charge in [0.2, 0.25) is 0 Å². The number of ether oxygens (including phenoxy) is 1. The molecule has 29 heavy (non-hydrogen) atoms. The molecule has 0 spiro atoms. The number of hydrogen-bond donors (Lipinski definition) is 1. The van der Waals surface area contributed by atoms with Crippen molar-refractivity contribution in [2.24, 2.45) is 12.0 Å². The molecule has 1 atom stereocenters. The summed E-state index contributed by atoms with van der Waals surface area (Å²) in [6, 6.07) is 0. The molecule has 0 amide bonds. The smallest absolute Gasteiger partial charge is 0.193 e. The average Bonchev–Trinajstić information content (AvgIpc) is 3.30. The van der Waals surface area contributed by atoms with E-state index in [0.717, 1.165) is 45.4 Å². The van der Waals surface area contributed by atoms with Crippen molar-refractivity contribution < 1.29 is 4.74 Å². The van der Waals surface area contributed by atoms with Gasteiger partial charge in [0.05, 0.1) is 18.9 Å². The number of hydrogen-bond acceptors (Lipinski definition) is 5. The van der Waals surface area contributed by atoms with E-state index in [4.69, 9.17) is 4.74 Å². The molecule has 1 aromatic rings. The van der Waals surface area contributed by atoms with E-state index < -0.39 is 0 Å². The molecule has 3 heterocycles. The van der Waals surface area contributed by atoms with E-state index in [1.54, 1.807) is 0 Å². The second kappa shape index (κ2) is 11.2. The summed E-state index contributed by atoms with van der Waals surface area (Å²) in [6.45, 7) is 9.89. The largest absolute Gasteiger partial charge is 0.379 e. The Morgan fingerprint density at radius 1 is 1.41 bits per heavy atom. The lowest BCUT2D eigenvalue weighted by atomic mass is 9.95. The van der Waals surface area contributed by atoms with Crippen LogP contribution in [0.5, 0.6) is 0 Å². The fourth-order valence-corrected chi connectivity index (χ4v) is 5.73. The average molecular weight is 537 g/mol. The van der Waals surface area contributed by atoms with Gasteiger partial charge in [-0.05, 0) is 18.1 Å². The van der Waals surface area contributed by atoms with Crippen LogP contribution in [0, 0.1) is 0 Å². The lowest BCUT2D eigenvalue weighted by molar-refractivity contribution is -0.0121. The number of morpholine rings is 1. The molecule has 0 radical (unpaired) electrons. The molecule has 0 aliphatic carbocycles. The Balaban J connectivity index is 0.00000300. The maximum absolute atomic E-state index is 5.58. The van der Waals surface area contributed by atoms with E-state index >= 15 is 0 Å². The predicted octanol–water partition coefficient (Wildman–Crippen LogP) is 2.38. The molecule has 2 aliphatic heterocycles. The van der Waals surface area contributed by atoms with Gasteiger partial charge in [0.15, 0.2) is 5.96 Å². The van der Waals surface area contributed by atoms with Gasteiger partial charge < -0.3 is 15.0 Å². The van der Waals surface area contributed by atoms with Crippen LogP contribution >= 0.6 is 35.7 Å². The van der Waals surface area contributed by atoms with Crippen LogP contribution in [-0.2, 0) is 18.3 Å². The monoisotopic (exact) mass is 536 g/mol. The summed E-state index contributed by atoms with van der Waals surface area (Å²) in [5, 5.41) is 8.32. The Labute approximate surface area is 197 Å². The minimum atomic E-state index is 0. The normalized spacial score (nSPS) is 23.3. The molecule has 2 fully saturated rings. The molecule has 1 aromatic heterocycles. The van der Waals surface area contributed by atoms with Crippen molar-refractivity contribution in [1.82, 2.24) is 24.9 Å². The van der Waals surface area contributed by atoms with Gasteiger partial charge in [-0.3, -0.25) is 14.6 Å². The summed E-state index contributed by atoms with van der Waals surface area (Å²) < 4.78 is 7.49. The zero-order valence-electron chi connectivity index (χ0n) is 18.5. The number of nitrogens with zero attached hydrogens (tertiary/aromatic N) is 5. The highest BCUT2D eigenvalue weighted by Gasteiger charge is 2.40. The van der Waals surface area contributed by atoms with Crippen molar-refractivity contribution in [1.29, 1.82) is 0 Å². The molecular weight excluding hydrogens is 499 g/mol. The van der Waals surface area contributed by atoms with Crippen LogP contribution in [0.15, 0.2) is 11.2 Å². The van der Waals surface area contributed by atoms with Gasteiger partial charge >= 0.3 is 0 Å². The third-order valence-corrected chi connectivity index (χ3v) is 7.04. The number of aryl methyl sites for hydroxylation is 1. The minimum Gasteiger partial charge on any atom is -0.379 e. The predicted molar refractivity (Wildman–Crippen MR) is 133 cm³/mol. The van der Waals surface area contributed by atoms with Gasteiger partial charge in [-0.25, -0.2) is 0 Å². The van der Waals surface area contributed by atoms with Crippen LogP contribution < -0.4 is 5.32 Å². The molecule has 3 rings (SSSR count). The number of halogens is 1. The maximum Gasteiger partial charge on any atom is 0.193 e. The van der Waals surface area contributed by atoms with Crippen molar-refractivity contribution in [3.05, 3.63) is 17.5 Å². The van der Waals surface area contributed by atoms with Crippen LogP contribution in [0.4, 0.5) is 0 Å². The first-order chi connectivity index (χ1) is 13.4. The van der Waals surface area contributed by atoms with E-state index in [0.29, 0.717) is 5.92 Å². The van der Waals surface area contributed by atoms with Crippen LogP contribution in [0.1, 0.15) is 37.4 Å². The van der Waals surface area contributed by atoms with E-state index in [1.807, 2.05) is 18.8 Å². The third kappa shape index (κ3) is 6.01. The van der Waals surface area contributed by atoms with Gasteiger partial charge in [-0.1, -0.05) is 13.8 Å². The Kier molecular flexibility index (Phi) is 9.56. The Morgan fingerprint density at radius 2 is 2.14 bits per heavy atom. The summed E-state index contributed by atoms with van der Waals surface area (Å²) in [5.74, 6) is 3.78. The molecule has 1 N–H and O–H groups in total. The van der Waals surface area contributed by atoms with Crippen molar-refractivity contribution in [3.63, 3.8) is 0 Å². The Morgan fingerprint density at radius 3 is 2.72 bits per heavy atom. The fourth-order valence-electron chi connectivity index (χ4n) is 4.26. The number of guanidine groups is 1. The number of thioether (sulfide) groups is 1. The second-order valence-corrected chi connectivity index (χ2v) is 9.36. The highest BCUT2D eigenvalue weighted by Crippen LogP contribution is 2.33. The number of nitrogens with one attached hydrogen (secondary N) is 1. The van der Waals surface area contributed by atoms with Crippen molar-refractivity contribution in [3.8, 4) is 0 Å². The van der Waals surface area contributed by atoms with Crippen LogP contribution in [0.2, 0.25) is 0 Å². The van der Waals surface area contributed by atoms with Crippen molar-refractivity contribution >= 4 is 41.7 Å². The highest BCUT2D eigenvalue weighted by atomic mass is 127.